The van der Waals surface area contributed by atoms with E-state index in [1.165, 1.54) is 63.6 Å². The van der Waals surface area contributed by atoms with Crippen molar-refractivity contribution >= 4 is 0 Å². The Morgan fingerprint density at radius 2 is 1.90 bits per heavy atom. The van der Waals surface area contributed by atoms with Gasteiger partial charge in [0.2, 0.25) is 0 Å². The fourth-order valence-corrected chi connectivity index (χ4v) is 4.70. The van der Waals surface area contributed by atoms with E-state index in [4.69, 9.17) is 4.74 Å². The van der Waals surface area contributed by atoms with E-state index >= 15 is 0 Å². The molecule has 2 saturated heterocycles. The molecule has 3 fully saturated rings. The maximum atomic E-state index is 5.60. The number of ether oxygens (including phenoxy) is 1. The van der Waals surface area contributed by atoms with Gasteiger partial charge in [0.25, 0.3) is 0 Å². The molecule has 3 heteroatoms. The van der Waals surface area contributed by atoms with Gasteiger partial charge < -0.3 is 10.1 Å². The van der Waals surface area contributed by atoms with Crippen LogP contribution >= 0.6 is 0 Å². The standard InChI is InChI=1S/C18H32N2O/c1-15(2)14-20-10-5-16(6-11-20)19-17-4-3-7-18(17)8-12-21-13-9-18/h16-17,19H,1,3-14H2,2H3. The Hall–Kier alpha value is -0.380. The topological polar surface area (TPSA) is 24.5 Å². The molecule has 3 nitrogen and oxygen atoms in total. The van der Waals surface area contributed by atoms with Crippen LogP contribution in [0.3, 0.4) is 0 Å². The summed E-state index contributed by atoms with van der Waals surface area (Å²) in [6.45, 7) is 11.7. The zero-order valence-corrected chi connectivity index (χ0v) is 13.7. The largest absolute Gasteiger partial charge is 0.381 e. The van der Waals surface area contributed by atoms with Crippen LogP contribution in [-0.4, -0.2) is 49.8 Å². The van der Waals surface area contributed by atoms with Gasteiger partial charge in [0.05, 0.1) is 0 Å². The molecule has 21 heavy (non-hydrogen) atoms. The van der Waals surface area contributed by atoms with Crippen LogP contribution in [0.1, 0.15) is 51.9 Å². The van der Waals surface area contributed by atoms with Gasteiger partial charge in [0, 0.05) is 31.8 Å². The average Bonchev–Trinajstić information content (AvgIpc) is 2.84. The Kier molecular flexibility index (Phi) is 5.03. The van der Waals surface area contributed by atoms with E-state index in [9.17, 15) is 0 Å². The third kappa shape index (κ3) is 3.69. The lowest BCUT2D eigenvalue weighted by atomic mass is 9.75. The summed E-state index contributed by atoms with van der Waals surface area (Å²) in [6, 6.07) is 1.48. The molecule has 0 aromatic carbocycles. The maximum absolute atomic E-state index is 5.60. The Morgan fingerprint density at radius 3 is 2.57 bits per heavy atom. The molecule has 0 bridgehead atoms. The van der Waals surface area contributed by atoms with Crippen LogP contribution in [0.4, 0.5) is 0 Å². The van der Waals surface area contributed by atoms with Crippen molar-refractivity contribution in [1.82, 2.24) is 10.2 Å². The van der Waals surface area contributed by atoms with Gasteiger partial charge in [-0.15, -0.1) is 0 Å². The van der Waals surface area contributed by atoms with E-state index in [1.54, 1.807) is 0 Å². The van der Waals surface area contributed by atoms with Crippen molar-refractivity contribution in [2.24, 2.45) is 5.41 Å². The number of nitrogens with zero attached hydrogens (tertiary/aromatic N) is 1. The Bertz CT molecular complexity index is 354. The van der Waals surface area contributed by atoms with E-state index < -0.39 is 0 Å². The highest BCUT2D eigenvalue weighted by molar-refractivity contribution is 5.00. The molecule has 3 aliphatic rings. The maximum Gasteiger partial charge on any atom is 0.0471 e. The summed E-state index contributed by atoms with van der Waals surface area (Å²) in [5, 5.41) is 4.05. The van der Waals surface area contributed by atoms with Crippen molar-refractivity contribution in [2.45, 2.75) is 64.0 Å². The van der Waals surface area contributed by atoms with E-state index in [0.29, 0.717) is 5.41 Å². The van der Waals surface area contributed by atoms with Gasteiger partial charge in [-0.2, -0.15) is 0 Å². The molecule has 1 saturated carbocycles. The summed E-state index contributed by atoms with van der Waals surface area (Å²) in [5.74, 6) is 0. The fourth-order valence-electron chi connectivity index (χ4n) is 4.70. The lowest BCUT2D eigenvalue weighted by molar-refractivity contribution is 0.000953. The predicted octanol–water partition coefficient (Wildman–Crippen LogP) is 2.97. The summed E-state index contributed by atoms with van der Waals surface area (Å²) in [5.41, 5.74) is 1.85. The van der Waals surface area contributed by atoms with E-state index in [-0.39, 0.29) is 0 Å². The minimum absolute atomic E-state index is 0.563. The van der Waals surface area contributed by atoms with Crippen LogP contribution in [0.15, 0.2) is 12.2 Å². The van der Waals surface area contributed by atoms with Crippen LogP contribution in [0.2, 0.25) is 0 Å². The SMILES string of the molecule is C=C(C)CN1CCC(NC2CCCC23CCOCC3)CC1. The number of nitrogens with one attached hydrogen (secondary N) is 1. The predicted molar refractivity (Wildman–Crippen MR) is 87.5 cm³/mol. The van der Waals surface area contributed by atoms with Crippen molar-refractivity contribution in [1.29, 1.82) is 0 Å². The molecule has 1 unspecified atom stereocenters. The third-order valence-corrected chi connectivity index (χ3v) is 5.91. The highest BCUT2D eigenvalue weighted by Gasteiger charge is 2.44. The highest BCUT2D eigenvalue weighted by Crippen LogP contribution is 2.46. The van der Waals surface area contributed by atoms with Gasteiger partial charge in [0.15, 0.2) is 0 Å². The van der Waals surface area contributed by atoms with Crippen LogP contribution in [-0.2, 0) is 4.74 Å². The number of rotatable bonds is 4. The van der Waals surface area contributed by atoms with Gasteiger partial charge in [-0.3, -0.25) is 4.90 Å². The molecule has 2 aliphatic heterocycles. The van der Waals surface area contributed by atoms with Crippen LogP contribution in [0, 0.1) is 5.41 Å². The summed E-state index contributed by atoms with van der Waals surface area (Å²) in [7, 11) is 0. The third-order valence-electron chi connectivity index (χ3n) is 5.91. The summed E-state index contributed by atoms with van der Waals surface area (Å²) in [6.07, 6.45) is 9.37. The second kappa shape index (κ2) is 6.80. The number of likely N-dealkylation sites (tertiary alicyclic amines) is 1. The van der Waals surface area contributed by atoms with E-state index in [0.717, 1.165) is 31.8 Å². The quantitative estimate of drug-likeness (QED) is 0.806. The van der Waals surface area contributed by atoms with Crippen LogP contribution in [0.5, 0.6) is 0 Å². The molecule has 0 amide bonds. The molecule has 1 atom stereocenters. The monoisotopic (exact) mass is 292 g/mol. The van der Waals surface area contributed by atoms with Gasteiger partial charge in [-0.05, 0) is 64.0 Å². The van der Waals surface area contributed by atoms with E-state index in [2.05, 4.69) is 23.7 Å². The zero-order chi connectivity index (χ0) is 14.7. The molecule has 2 heterocycles. The normalized spacial score (nSPS) is 30.8. The first-order chi connectivity index (χ1) is 10.2. The van der Waals surface area contributed by atoms with Crippen molar-refractivity contribution < 1.29 is 4.74 Å². The van der Waals surface area contributed by atoms with Crippen molar-refractivity contribution in [3.05, 3.63) is 12.2 Å². The first-order valence-corrected chi connectivity index (χ1v) is 8.88. The first kappa shape index (κ1) is 15.5. The number of hydrogen-bond acceptors (Lipinski definition) is 3. The fraction of sp³-hybridized carbons (Fsp3) is 0.889. The van der Waals surface area contributed by atoms with Crippen LogP contribution in [0.25, 0.3) is 0 Å². The lowest BCUT2D eigenvalue weighted by Gasteiger charge is -2.42. The van der Waals surface area contributed by atoms with Gasteiger partial charge in [-0.25, -0.2) is 0 Å². The lowest BCUT2D eigenvalue weighted by Crippen LogP contribution is -2.51. The number of hydrogen-bond donors (Lipinski definition) is 1. The van der Waals surface area contributed by atoms with E-state index in [1.807, 2.05) is 0 Å². The molecule has 0 aromatic heterocycles. The minimum Gasteiger partial charge on any atom is -0.381 e. The smallest absolute Gasteiger partial charge is 0.0471 e. The molecular weight excluding hydrogens is 260 g/mol. The average molecular weight is 292 g/mol. The summed E-state index contributed by atoms with van der Waals surface area (Å²) < 4.78 is 5.60. The van der Waals surface area contributed by atoms with Crippen molar-refractivity contribution in [2.75, 3.05) is 32.8 Å². The van der Waals surface area contributed by atoms with Gasteiger partial charge in [0.1, 0.15) is 0 Å². The van der Waals surface area contributed by atoms with Gasteiger partial charge >= 0.3 is 0 Å². The van der Waals surface area contributed by atoms with Gasteiger partial charge in [-0.1, -0.05) is 18.6 Å². The Morgan fingerprint density at radius 1 is 1.19 bits per heavy atom. The second-order valence-electron chi connectivity index (χ2n) is 7.59. The first-order valence-electron chi connectivity index (χ1n) is 8.88. The molecule has 3 rings (SSSR count). The van der Waals surface area contributed by atoms with Crippen molar-refractivity contribution in [3.8, 4) is 0 Å². The second-order valence-corrected chi connectivity index (χ2v) is 7.59. The zero-order valence-electron chi connectivity index (χ0n) is 13.7. The molecule has 120 valence electrons. The van der Waals surface area contributed by atoms with Crippen LogP contribution < -0.4 is 5.32 Å². The number of piperidine rings is 1. The molecule has 1 aliphatic carbocycles. The summed E-state index contributed by atoms with van der Waals surface area (Å²) >= 11 is 0. The van der Waals surface area contributed by atoms with Crippen molar-refractivity contribution in [3.63, 3.8) is 0 Å². The molecule has 1 spiro atoms. The minimum atomic E-state index is 0.563. The summed E-state index contributed by atoms with van der Waals surface area (Å²) in [4.78, 5) is 2.55. The molecule has 0 aromatic rings. The molecule has 1 N–H and O–H groups in total. The molecular formula is C18H32N2O. The highest BCUT2D eigenvalue weighted by atomic mass is 16.5. The molecule has 0 radical (unpaired) electrons. The Labute approximate surface area is 130 Å². The Balaban J connectivity index is 1.49.